The quantitative estimate of drug-likeness (QED) is 0.910. The number of fused-ring (bicyclic) bond motifs is 1. The Morgan fingerprint density at radius 1 is 1.20 bits per heavy atom. The van der Waals surface area contributed by atoms with E-state index in [1.807, 2.05) is 13.0 Å². The second kappa shape index (κ2) is 5.21. The molecule has 1 aromatic carbocycles. The molecule has 2 heterocycles. The number of hydrogen-bond donors (Lipinski definition) is 1. The summed E-state index contributed by atoms with van der Waals surface area (Å²) in [6.07, 6.45) is 1.59. The maximum absolute atomic E-state index is 12.1. The van der Waals surface area contributed by atoms with Gasteiger partial charge in [0.1, 0.15) is 18.9 Å². The maximum atomic E-state index is 12.1. The van der Waals surface area contributed by atoms with Crippen LogP contribution in [0.1, 0.15) is 16.1 Å². The van der Waals surface area contributed by atoms with Gasteiger partial charge in [-0.25, -0.2) is 0 Å². The summed E-state index contributed by atoms with van der Waals surface area (Å²) in [5.41, 5.74) is 1.99. The van der Waals surface area contributed by atoms with Crippen LogP contribution in [0.25, 0.3) is 0 Å². The highest BCUT2D eigenvalue weighted by molar-refractivity contribution is 6.03. The zero-order chi connectivity index (χ0) is 13.9. The summed E-state index contributed by atoms with van der Waals surface area (Å²) in [7, 11) is 0. The Balaban J connectivity index is 1.86. The zero-order valence-electron chi connectivity index (χ0n) is 11.1. The number of benzene rings is 1. The third-order valence-corrected chi connectivity index (χ3v) is 3.03. The van der Waals surface area contributed by atoms with Crippen LogP contribution in [0.15, 0.2) is 36.5 Å². The van der Waals surface area contributed by atoms with Crippen molar-refractivity contribution in [2.45, 2.75) is 6.92 Å². The number of amides is 1. The molecule has 5 nitrogen and oxygen atoms in total. The average Bonchev–Trinajstić information content (AvgIpc) is 2.49. The van der Waals surface area contributed by atoms with Crippen LogP contribution >= 0.6 is 0 Å². The van der Waals surface area contributed by atoms with Gasteiger partial charge >= 0.3 is 0 Å². The second-order valence-corrected chi connectivity index (χ2v) is 4.48. The van der Waals surface area contributed by atoms with E-state index in [1.54, 1.807) is 30.5 Å². The second-order valence-electron chi connectivity index (χ2n) is 4.48. The summed E-state index contributed by atoms with van der Waals surface area (Å²) < 4.78 is 11.0. The van der Waals surface area contributed by atoms with Crippen LogP contribution in [0.3, 0.4) is 0 Å². The third kappa shape index (κ3) is 2.42. The lowest BCUT2D eigenvalue weighted by Gasteiger charge is -2.20. The first kappa shape index (κ1) is 12.5. The molecule has 1 aromatic heterocycles. The molecule has 0 spiro atoms. The van der Waals surface area contributed by atoms with Crippen LogP contribution in [0.5, 0.6) is 11.5 Å². The van der Waals surface area contributed by atoms with Gasteiger partial charge in [-0.1, -0.05) is 6.07 Å². The molecule has 0 atom stereocenters. The van der Waals surface area contributed by atoms with Crippen molar-refractivity contribution in [3.8, 4) is 11.5 Å². The number of anilines is 1. The van der Waals surface area contributed by atoms with Gasteiger partial charge < -0.3 is 14.8 Å². The zero-order valence-corrected chi connectivity index (χ0v) is 11.1. The van der Waals surface area contributed by atoms with Crippen LogP contribution in [0, 0.1) is 6.92 Å². The first-order valence-corrected chi connectivity index (χ1v) is 6.36. The van der Waals surface area contributed by atoms with Crippen molar-refractivity contribution in [3.05, 3.63) is 47.8 Å². The number of hydrogen-bond acceptors (Lipinski definition) is 4. The van der Waals surface area contributed by atoms with Gasteiger partial charge in [-0.15, -0.1) is 0 Å². The van der Waals surface area contributed by atoms with Crippen molar-refractivity contribution in [1.29, 1.82) is 0 Å². The SMILES string of the molecule is Cc1cc2c(cc1NC(=O)c1ccccn1)OCCO2. The topological polar surface area (TPSA) is 60.5 Å². The lowest BCUT2D eigenvalue weighted by atomic mass is 10.1. The molecule has 1 amide bonds. The summed E-state index contributed by atoms with van der Waals surface area (Å²) in [5, 5.41) is 2.84. The van der Waals surface area contributed by atoms with Gasteiger partial charge in [-0.05, 0) is 30.7 Å². The fourth-order valence-corrected chi connectivity index (χ4v) is 2.01. The van der Waals surface area contributed by atoms with Gasteiger partial charge in [0.2, 0.25) is 0 Å². The van der Waals surface area contributed by atoms with Gasteiger partial charge in [0.15, 0.2) is 11.5 Å². The number of rotatable bonds is 2. The van der Waals surface area contributed by atoms with E-state index in [9.17, 15) is 4.79 Å². The van der Waals surface area contributed by atoms with Crippen LogP contribution in [0.2, 0.25) is 0 Å². The fourth-order valence-electron chi connectivity index (χ4n) is 2.01. The highest BCUT2D eigenvalue weighted by Crippen LogP contribution is 2.35. The van der Waals surface area contributed by atoms with E-state index in [0.29, 0.717) is 36.1 Å². The number of nitrogens with one attached hydrogen (secondary N) is 1. The molecular weight excluding hydrogens is 256 g/mol. The Morgan fingerprint density at radius 3 is 2.65 bits per heavy atom. The minimum atomic E-state index is -0.245. The largest absolute Gasteiger partial charge is 0.486 e. The molecule has 0 aliphatic carbocycles. The van der Waals surface area contributed by atoms with Crippen molar-refractivity contribution in [2.75, 3.05) is 18.5 Å². The molecule has 1 aliphatic heterocycles. The first-order valence-electron chi connectivity index (χ1n) is 6.36. The van der Waals surface area contributed by atoms with Crippen LogP contribution in [-0.4, -0.2) is 24.1 Å². The first-order chi connectivity index (χ1) is 9.74. The predicted molar refractivity (Wildman–Crippen MR) is 74.4 cm³/mol. The lowest BCUT2D eigenvalue weighted by molar-refractivity contribution is 0.102. The standard InChI is InChI=1S/C15H14N2O3/c1-10-8-13-14(20-7-6-19-13)9-12(10)17-15(18)11-4-2-3-5-16-11/h2-5,8-9H,6-7H2,1H3,(H,17,18). The fraction of sp³-hybridized carbons (Fsp3) is 0.200. The summed E-state index contributed by atoms with van der Waals surface area (Å²) >= 11 is 0. The summed E-state index contributed by atoms with van der Waals surface area (Å²) in [4.78, 5) is 16.1. The third-order valence-electron chi connectivity index (χ3n) is 3.03. The minimum absolute atomic E-state index is 0.245. The Morgan fingerprint density at radius 2 is 1.95 bits per heavy atom. The summed E-state index contributed by atoms with van der Waals surface area (Å²) in [6.45, 7) is 2.97. The van der Waals surface area contributed by atoms with Crippen molar-refractivity contribution in [2.24, 2.45) is 0 Å². The number of nitrogens with zero attached hydrogens (tertiary/aromatic N) is 1. The molecule has 1 N–H and O–H groups in total. The van der Waals surface area contributed by atoms with E-state index in [1.165, 1.54) is 0 Å². The van der Waals surface area contributed by atoms with Crippen molar-refractivity contribution < 1.29 is 14.3 Å². The molecule has 0 saturated carbocycles. The number of aromatic nitrogens is 1. The maximum Gasteiger partial charge on any atom is 0.274 e. The molecule has 0 unspecified atom stereocenters. The van der Waals surface area contributed by atoms with Crippen LogP contribution in [-0.2, 0) is 0 Å². The van der Waals surface area contributed by atoms with Crippen molar-refractivity contribution >= 4 is 11.6 Å². The Hall–Kier alpha value is -2.56. The van der Waals surface area contributed by atoms with Crippen molar-refractivity contribution in [1.82, 2.24) is 4.98 Å². The molecule has 2 aromatic rings. The number of pyridine rings is 1. The number of carbonyl (C=O) groups excluding carboxylic acids is 1. The monoisotopic (exact) mass is 270 g/mol. The molecule has 0 bridgehead atoms. The molecule has 20 heavy (non-hydrogen) atoms. The number of ether oxygens (including phenoxy) is 2. The molecular formula is C15H14N2O3. The van der Waals surface area contributed by atoms with E-state index in [4.69, 9.17) is 9.47 Å². The van der Waals surface area contributed by atoms with E-state index in [-0.39, 0.29) is 5.91 Å². The van der Waals surface area contributed by atoms with Gasteiger partial charge in [0, 0.05) is 18.0 Å². The number of carbonyl (C=O) groups is 1. The molecule has 3 rings (SSSR count). The Kier molecular flexibility index (Phi) is 3.25. The van der Waals surface area contributed by atoms with E-state index in [0.717, 1.165) is 5.56 Å². The van der Waals surface area contributed by atoms with E-state index >= 15 is 0 Å². The molecule has 0 radical (unpaired) electrons. The number of aryl methyl sites for hydroxylation is 1. The molecule has 1 aliphatic rings. The Labute approximate surface area is 116 Å². The Bertz CT molecular complexity index is 641. The van der Waals surface area contributed by atoms with E-state index < -0.39 is 0 Å². The van der Waals surface area contributed by atoms with Gasteiger partial charge in [0.25, 0.3) is 5.91 Å². The highest BCUT2D eigenvalue weighted by atomic mass is 16.6. The lowest BCUT2D eigenvalue weighted by Crippen LogP contribution is -2.17. The van der Waals surface area contributed by atoms with Crippen molar-refractivity contribution in [3.63, 3.8) is 0 Å². The van der Waals surface area contributed by atoms with Gasteiger partial charge in [0.05, 0.1) is 0 Å². The molecule has 0 fully saturated rings. The molecule has 5 heteroatoms. The normalized spacial score (nSPS) is 12.8. The van der Waals surface area contributed by atoms with Gasteiger partial charge in [-0.3, -0.25) is 9.78 Å². The highest BCUT2D eigenvalue weighted by Gasteiger charge is 2.16. The molecule has 0 saturated heterocycles. The molecule has 102 valence electrons. The minimum Gasteiger partial charge on any atom is -0.486 e. The summed E-state index contributed by atoms with van der Waals surface area (Å²) in [5.74, 6) is 1.12. The van der Waals surface area contributed by atoms with E-state index in [2.05, 4.69) is 10.3 Å². The smallest absolute Gasteiger partial charge is 0.274 e. The average molecular weight is 270 g/mol. The summed E-state index contributed by atoms with van der Waals surface area (Å²) in [6, 6.07) is 8.86. The van der Waals surface area contributed by atoms with Crippen LogP contribution < -0.4 is 14.8 Å². The van der Waals surface area contributed by atoms with Crippen LogP contribution in [0.4, 0.5) is 5.69 Å². The predicted octanol–water partition coefficient (Wildman–Crippen LogP) is 2.41. The van der Waals surface area contributed by atoms with Gasteiger partial charge in [-0.2, -0.15) is 0 Å².